The number of benzene rings is 1. The number of anilines is 1. The smallest absolute Gasteiger partial charge is 0.223 e. The summed E-state index contributed by atoms with van der Waals surface area (Å²) in [6.45, 7) is 0. The molecule has 0 aliphatic carbocycles. The van der Waals surface area contributed by atoms with Gasteiger partial charge in [-0.15, -0.1) is 0 Å². The average molecular weight is 329 g/mol. The van der Waals surface area contributed by atoms with Crippen LogP contribution in [-0.2, 0) is 19.9 Å². The molecule has 0 saturated heterocycles. The lowest BCUT2D eigenvalue weighted by atomic mass is 10.3. The van der Waals surface area contributed by atoms with Gasteiger partial charge in [-0.2, -0.15) is 0 Å². The van der Waals surface area contributed by atoms with E-state index >= 15 is 0 Å². The lowest BCUT2D eigenvalue weighted by Gasteiger charge is -2.04. The molecule has 0 saturated carbocycles. The number of sulfone groups is 1. The molecule has 0 radical (unpaired) electrons. The van der Waals surface area contributed by atoms with Crippen LogP contribution < -0.4 is 10.9 Å². The van der Waals surface area contributed by atoms with Gasteiger partial charge in [-0.3, -0.25) is 0 Å². The third kappa shape index (κ3) is 3.44. The molecule has 6 nitrogen and oxygen atoms in total. The van der Waals surface area contributed by atoms with Crippen LogP contribution in [0.4, 0.5) is 5.69 Å². The quantitative estimate of drug-likeness (QED) is 0.759. The zero-order chi connectivity index (χ0) is 12.6. The molecule has 0 unspecified atom stereocenters. The third-order valence-corrected chi connectivity index (χ3v) is 5.86. The normalized spacial score (nSPS) is 12.6. The molecule has 0 bridgehead atoms. The van der Waals surface area contributed by atoms with Crippen molar-refractivity contribution in [2.45, 2.75) is 4.90 Å². The molecule has 0 amide bonds. The molecule has 1 aromatic carbocycles. The first-order chi connectivity index (χ1) is 7.12. The van der Waals surface area contributed by atoms with Crippen molar-refractivity contribution in [3.63, 3.8) is 0 Å². The van der Waals surface area contributed by atoms with E-state index in [9.17, 15) is 16.8 Å². The Bertz CT molecular complexity index is 609. The molecule has 0 spiro atoms. The zero-order valence-electron chi connectivity index (χ0n) is 7.92. The van der Waals surface area contributed by atoms with Crippen LogP contribution in [0.25, 0.3) is 0 Å². The van der Waals surface area contributed by atoms with E-state index in [1.165, 1.54) is 18.2 Å². The average Bonchev–Trinajstić information content (AvgIpc) is 2.05. The lowest BCUT2D eigenvalue weighted by Crippen LogP contribution is -2.23. The van der Waals surface area contributed by atoms with Gasteiger partial charge in [0.05, 0.1) is 4.90 Å². The predicted octanol–water partition coefficient (Wildman–Crippen LogP) is 0.0510. The number of primary sulfonamides is 1. The molecule has 0 atom stereocenters. The van der Waals surface area contributed by atoms with E-state index in [1.807, 2.05) is 0 Å². The van der Waals surface area contributed by atoms with Crippen LogP contribution in [0.3, 0.4) is 0 Å². The Morgan fingerprint density at radius 1 is 1.19 bits per heavy atom. The maximum absolute atomic E-state index is 11.6. The Morgan fingerprint density at radius 2 is 1.75 bits per heavy atom. The van der Waals surface area contributed by atoms with E-state index in [0.717, 1.165) is 0 Å². The summed E-state index contributed by atoms with van der Waals surface area (Å²) >= 11 is 3.05. The highest BCUT2D eigenvalue weighted by atomic mass is 79.9. The van der Waals surface area contributed by atoms with E-state index < -0.39 is 24.9 Å². The number of nitrogens with two attached hydrogens (primary N) is 2. The molecule has 0 fully saturated rings. The maximum atomic E-state index is 11.6. The fourth-order valence-electron chi connectivity index (χ4n) is 0.986. The van der Waals surface area contributed by atoms with Gasteiger partial charge in [0.1, 0.15) is 0 Å². The van der Waals surface area contributed by atoms with Gasteiger partial charge in [-0.05, 0) is 34.1 Å². The Morgan fingerprint density at radius 3 is 2.19 bits per heavy atom. The van der Waals surface area contributed by atoms with Gasteiger partial charge in [-0.1, -0.05) is 0 Å². The second kappa shape index (κ2) is 4.32. The first-order valence-corrected chi connectivity index (χ1v) is 8.06. The summed E-state index contributed by atoms with van der Waals surface area (Å²) in [6.07, 6.45) is 0. The fraction of sp³-hybridized carbons (Fsp3) is 0.143. The minimum atomic E-state index is -4.09. The molecule has 4 N–H and O–H groups in total. The van der Waals surface area contributed by atoms with Gasteiger partial charge < -0.3 is 5.73 Å². The van der Waals surface area contributed by atoms with Crippen molar-refractivity contribution in [1.82, 2.24) is 0 Å². The van der Waals surface area contributed by atoms with Crippen molar-refractivity contribution >= 4 is 41.5 Å². The van der Waals surface area contributed by atoms with Gasteiger partial charge >= 0.3 is 0 Å². The molecule has 90 valence electrons. The molecule has 16 heavy (non-hydrogen) atoms. The Kier molecular flexibility index (Phi) is 3.62. The van der Waals surface area contributed by atoms with Crippen molar-refractivity contribution in [3.05, 3.63) is 22.7 Å². The van der Waals surface area contributed by atoms with Crippen molar-refractivity contribution in [1.29, 1.82) is 0 Å². The monoisotopic (exact) mass is 328 g/mol. The zero-order valence-corrected chi connectivity index (χ0v) is 11.1. The van der Waals surface area contributed by atoms with Gasteiger partial charge in [0.15, 0.2) is 14.9 Å². The van der Waals surface area contributed by atoms with Gasteiger partial charge in [0.25, 0.3) is 0 Å². The highest BCUT2D eigenvalue weighted by Gasteiger charge is 2.21. The number of halogens is 1. The molecule has 1 aromatic rings. The topological polar surface area (TPSA) is 120 Å². The van der Waals surface area contributed by atoms with Crippen molar-refractivity contribution < 1.29 is 16.8 Å². The summed E-state index contributed by atoms with van der Waals surface area (Å²) in [5.74, 6) is 0. The second-order valence-electron chi connectivity index (χ2n) is 3.08. The minimum absolute atomic E-state index is 0.150. The van der Waals surface area contributed by atoms with Crippen LogP contribution in [0.15, 0.2) is 27.6 Å². The Labute approximate surface area is 102 Å². The van der Waals surface area contributed by atoms with Crippen molar-refractivity contribution in [3.8, 4) is 0 Å². The summed E-state index contributed by atoms with van der Waals surface area (Å²) in [5, 5.41) is 3.55. The summed E-state index contributed by atoms with van der Waals surface area (Å²) in [5.41, 5.74) is 5.83. The minimum Gasteiger partial charge on any atom is -0.398 e. The van der Waals surface area contributed by atoms with Gasteiger partial charge in [0, 0.05) is 10.2 Å². The van der Waals surface area contributed by atoms with Crippen LogP contribution in [0.1, 0.15) is 0 Å². The van der Waals surface area contributed by atoms with Gasteiger partial charge in [-0.25, -0.2) is 22.0 Å². The van der Waals surface area contributed by atoms with E-state index in [-0.39, 0.29) is 4.90 Å². The van der Waals surface area contributed by atoms with Crippen LogP contribution in [0, 0.1) is 0 Å². The molecule has 0 heterocycles. The van der Waals surface area contributed by atoms with Crippen molar-refractivity contribution in [2.24, 2.45) is 5.14 Å². The number of hydrogen-bond donors (Lipinski definition) is 2. The molecule has 0 aliphatic rings. The Balaban J connectivity index is 3.24. The molecule has 0 aliphatic heterocycles. The van der Waals surface area contributed by atoms with E-state index in [4.69, 9.17) is 5.73 Å². The van der Waals surface area contributed by atoms with Crippen LogP contribution in [0.2, 0.25) is 0 Å². The van der Waals surface area contributed by atoms with Gasteiger partial charge in [0.2, 0.25) is 10.0 Å². The van der Waals surface area contributed by atoms with Crippen molar-refractivity contribution in [2.75, 3.05) is 10.8 Å². The molecule has 0 aromatic heterocycles. The standard InChI is InChI=1S/C7H9BrN2O4S2/c8-6-3-5(1-2-7(6)9)15(11,12)4-16(10,13)14/h1-3H,4,9H2,(H2,10,13,14). The first kappa shape index (κ1) is 13.4. The number of sulfonamides is 1. The lowest BCUT2D eigenvalue weighted by molar-refractivity contribution is 0.590. The number of hydrogen-bond acceptors (Lipinski definition) is 5. The van der Waals surface area contributed by atoms with E-state index in [0.29, 0.717) is 10.2 Å². The highest BCUT2D eigenvalue weighted by molar-refractivity contribution is 9.10. The highest BCUT2D eigenvalue weighted by Crippen LogP contribution is 2.23. The predicted molar refractivity (Wildman–Crippen MR) is 63.7 cm³/mol. The SMILES string of the molecule is Nc1ccc(S(=O)(=O)CS(N)(=O)=O)cc1Br. The summed E-state index contributed by atoms with van der Waals surface area (Å²) in [6, 6.07) is 3.82. The molecular formula is C7H9BrN2O4S2. The molecule has 9 heteroatoms. The van der Waals surface area contributed by atoms with Crippen LogP contribution >= 0.6 is 15.9 Å². The maximum Gasteiger partial charge on any atom is 0.223 e. The number of rotatable bonds is 3. The Hall–Kier alpha value is -0.640. The third-order valence-electron chi connectivity index (χ3n) is 1.65. The summed E-state index contributed by atoms with van der Waals surface area (Å²) in [7, 11) is -8.04. The van der Waals surface area contributed by atoms with Crippen LogP contribution in [0.5, 0.6) is 0 Å². The van der Waals surface area contributed by atoms with Crippen LogP contribution in [-0.4, -0.2) is 21.9 Å². The summed E-state index contributed by atoms with van der Waals surface area (Å²) < 4.78 is 45.0. The molecular weight excluding hydrogens is 320 g/mol. The first-order valence-electron chi connectivity index (χ1n) is 3.90. The largest absolute Gasteiger partial charge is 0.398 e. The second-order valence-corrected chi connectivity index (χ2v) is 7.90. The number of nitrogen functional groups attached to an aromatic ring is 1. The van der Waals surface area contributed by atoms with E-state index in [2.05, 4.69) is 21.1 Å². The summed E-state index contributed by atoms with van der Waals surface area (Å²) in [4.78, 5) is -0.150. The van der Waals surface area contributed by atoms with E-state index in [1.54, 1.807) is 0 Å². The fourth-order valence-corrected chi connectivity index (χ4v) is 4.36. The molecule has 1 rings (SSSR count).